The molecule has 3 aromatic rings. The summed E-state index contributed by atoms with van der Waals surface area (Å²) in [6.07, 6.45) is 8.78. The second-order valence-electron chi connectivity index (χ2n) is 13.5. The van der Waals surface area contributed by atoms with Crippen molar-refractivity contribution in [2.24, 2.45) is 11.3 Å². The maximum absolute atomic E-state index is 12.1. The molecule has 5 nitrogen and oxygen atoms in total. The average Bonchev–Trinajstić information content (AvgIpc) is 3.08. The third-order valence-corrected chi connectivity index (χ3v) is 9.88. The summed E-state index contributed by atoms with van der Waals surface area (Å²) in [5.41, 5.74) is 8.22. The predicted molar refractivity (Wildman–Crippen MR) is 188 cm³/mol. The number of aryl methyl sites for hydroxylation is 1. The van der Waals surface area contributed by atoms with Crippen molar-refractivity contribution >= 4 is 5.97 Å². The van der Waals surface area contributed by atoms with Crippen LogP contribution in [-0.4, -0.2) is 42.6 Å². The zero-order valence-electron chi connectivity index (χ0n) is 28.4. The molecule has 0 aliphatic heterocycles. The summed E-state index contributed by atoms with van der Waals surface area (Å²) < 4.78 is 11.7. The molecule has 5 heteroatoms. The van der Waals surface area contributed by atoms with Gasteiger partial charge < -0.3 is 19.7 Å². The molecular weight excluding hydrogens is 572 g/mol. The Bertz CT molecular complexity index is 1430. The predicted octanol–water partition coefficient (Wildman–Crippen LogP) is 9.08. The molecule has 1 aliphatic carbocycles. The van der Waals surface area contributed by atoms with E-state index in [-0.39, 0.29) is 19.8 Å². The van der Waals surface area contributed by atoms with E-state index in [2.05, 4.69) is 81.9 Å². The summed E-state index contributed by atoms with van der Waals surface area (Å²) in [6.45, 7) is 12.4. The minimum Gasteiger partial charge on any atom is -0.493 e. The van der Waals surface area contributed by atoms with E-state index in [0.717, 1.165) is 42.1 Å². The molecule has 0 amide bonds. The van der Waals surface area contributed by atoms with Crippen molar-refractivity contribution in [1.29, 1.82) is 0 Å². The minimum atomic E-state index is -0.557. The van der Waals surface area contributed by atoms with Crippen molar-refractivity contribution in [2.45, 2.75) is 91.4 Å². The first-order valence-corrected chi connectivity index (χ1v) is 17.3. The highest BCUT2D eigenvalue weighted by molar-refractivity contribution is 5.86. The Kier molecular flexibility index (Phi) is 13.1. The summed E-state index contributed by atoms with van der Waals surface area (Å²) in [6, 6.07) is 22.2. The van der Waals surface area contributed by atoms with Gasteiger partial charge in [-0.3, -0.25) is 0 Å². The Balaban J connectivity index is 1.55. The lowest BCUT2D eigenvalue weighted by atomic mass is 9.79. The monoisotopic (exact) mass is 626 g/mol. The lowest BCUT2D eigenvalue weighted by Gasteiger charge is -2.29. The maximum atomic E-state index is 12.1. The summed E-state index contributed by atoms with van der Waals surface area (Å²) in [7, 11) is 0. The number of hydrogen-bond acceptors (Lipinski definition) is 5. The molecule has 0 aromatic heterocycles. The Morgan fingerprint density at radius 3 is 2.13 bits per heavy atom. The summed E-state index contributed by atoms with van der Waals surface area (Å²) >= 11 is 0. The number of rotatable bonds is 16. The fourth-order valence-corrected chi connectivity index (χ4v) is 6.75. The molecule has 0 unspecified atom stereocenters. The SMILES string of the molecule is C=C(C)C(=O)OCCc1cc(-c2ccc(-c3ccc(C4CCC(C)CC4)cc3)cc2CC)ccc1OCCC(CO)(CO)CCC. The van der Waals surface area contributed by atoms with Crippen molar-refractivity contribution in [3.63, 3.8) is 0 Å². The summed E-state index contributed by atoms with van der Waals surface area (Å²) in [5.74, 6) is 1.86. The third kappa shape index (κ3) is 9.11. The van der Waals surface area contributed by atoms with E-state index < -0.39 is 11.4 Å². The van der Waals surface area contributed by atoms with Gasteiger partial charge in [0.25, 0.3) is 0 Å². The van der Waals surface area contributed by atoms with Gasteiger partial charge in [-0.05, 0) is 102 Å². The minimum absolute atomic E-state index is 0.0802. The number of carbonyl (C=O) groups excluding carboxylic acids is 1. The normalized spacial score (nSPS) is 16.7. The number of esters is 1. The molecule has 0 saturated heterocycles. The van der Waals surface area contributed by atoms with Crippen molar-refractivity contribution in [3.05, 3.63) is 89.5 Å². The molecule has 3 aromatic carbocycles. The Hall–Kier alpha value is -3.41. The van der Waals surface area contributed by atoms with Crippen molar-refractivity contribution < 1.29 is 24.5 Å². The van der Waals surface area contributed by atoms with Crippen molar-refractivity contribution in [1.82, 2.24) is 0 Å². The molecule has 0 heterocycles. The van der Waals surface area contributed by atoms with E-state index in [0.29, 0.717) is 30.9 Å². The highest BCUT2D eigenvalue weighted by atomic mass is 16.5. The zero-order chi connectivity index (χ0) is 33.1. The largest absolute Gasteiger partial charge is 0.493 e. The van der Waals surface area contributed by atoms with Crippen LogP contribution in [0.5, 0.6) is 5.75 Å². The maximum Gasteiger partial charge on any atom is 0.333 e. The van der Waals surface area contributed by atoms with Crippen LogP contribution in [0.3, 0.4) is 0 Å². The highest BCUT2D eigenvalue weighted by Crippen LogP contribution is 2.37. The molecular formula is C41H54O5. The van der Waals surface area contributed by atoms with Gasteiger partial charge in [-0.25, -0.2) is 4.79 Å². The van der Waals surface area contributed by atoms with E-state index in [9.17, 15) is 15.0 Å². The molecule has 0 spiro atoms. The number of carbonyl (C=O) groups is 1. The van der Waals surface area contributed by atoms with Gasteiger partial charge >= 0.3 is 5.97 Å². The van der Waals surface area contributed by atoms with Crippen LogP contribution in [0.15, 0.2) is 72.8 Å². The van der Waals surface area contributed by atoms with Gasteiger partial charge in [0.15, 0.2) is 0 Å². The van der Waals surface area contributed by atoms with E-state index in [4.69, 9.17) is 9.47 Å². The second kappa shape index (κ2) is 16.9. The quantitative estimate of drug-likeness (QED) is 0.123. The number of ether oxygens (including phenoxy) is 2. The molecule has 248 valence electrons. The molecule has 0 bridgehead atoms. The molecule has 1 fully saturated rings. The van der Waals surface area contributed by atoms with Crippen LogP contribution in [0, 0.1) is 11.3 Å². The molecule has 1 saturated carbocycles. The van der Waals surface area contributed by atoms with E-state index in [1.807, 2.05) is 6.07 Å². The van der Waals surface area contributed by atoms with Crippen LogP contribution in [-0.2, 0) is 22.4 Å². The zero-order valence-corrected chi connectivity index (χ0v) is 28.4. The highest BCUT2D eigenvalue weighted by Gasteiger charge is 2.28. The van der Waals surface area contributed by atoms with Crippen LogP contribution < -0.4 is 4.74 Å². The molecule has 46 heavy (non-hydrogen) atoms. The van der Waals surface area contributed by atoms with Gasteiger partial charge in [0, 0.05) is 17.4 Å². The van der Waals surface area contributed by atoms with Crippen LogP contribution >= 0.6 is 0 Å². The summed E-state index contributed by atoms with van der Waals surface area (Å²) in [4.78, 5) is 12.1. The van der Waals surface area contributed by atoms with E-state index >= 15 is 0 Å². The van der Waals surface area contributed by atoms with Crippen LogP contribution in [0.25, 0.3) is 22.3 Å². The molecule has 2 N–H and O–H groups in total. The van der Waals surface area contributed by atoms with Gasteiger partial charge in [0.1, 0.15) is 5.75 Å². The smallest absolute Gasteiger partial charge is 0.333 e. The van der Waals surface area contributed by atoms with Gasteiger partial charge in [-0.15, -0.1) is 0 Å². The van der Waals surface area contributed by atoms with Gasteiger partial charge in [-0.1, -0.05) is 95.1 Å². The molecule has 4 rings (SSSR count). The lowest BCUT2D eigenvalue weighted by Crippen LogP contribution is -2.31. The molecule has 1 aliphatic rings. The van der Waals surface area contributed by atoms with Crippen LogP contribution in [0.4, 0.5) is 0 Å². The molecule has 0 atom stereocenters. The van der Waals surface area contributed by atoms with Crippen LogP contribution in [0.2, 0.25) is 0 Å². The first-order valence-electron chi connectivity index (χ1n) is 17.3. The number of hydrogen-bond donors (Lipinski definition) is 2. The number of aliphatic hydroxyl groups is 2. The lowest BCUT2D eigenvalue weighted by molar-refractivity contribution is -0.138. The topological polar surface area (TPSA) is 76.0 Å². The number of benzene rings is 3. The van der Waals surface area contributed by atoms with Gasteiger partial charge in [-0.2, -0.15) is 0 Å². The Labute approximate surface area is 276 Å². The third-order valence-electron chi connectivity index (χ3n) is 9.88. The van der Waals surface area contributed by atoms with Gasteiger partial charge in [0.05, 0.1) is 26.4 Å². The van der Waals surface area contributed by atoms with E-state index in [1.54, 1.807) is 6.92 Å². The fourth-order valence-electron chi connectivity index (χ4n) is 6.75. The van der Waals surface area contributed by atoms with Crippen LogP contribution in [0.1, 0.15) is 95.2 Å². The second-order valence-corrected chi connectivity index (χ2v) is 13.5. The van der Waals surface area contributed by atoms with Gasteiger partial charge in [0.2, 0.25) is 0 Å². The van der Waals surface area contributed by atoms with Crippen molar-refractivity contribution in [2.75, 3.05) is 26.4 Å². The average molecular weight is 627 g/mol. The first-order chi connectivity index (χ1) is 22.2. The fraction of sp³-hybridized carbons (Fsp3) is 0.488. The van der Waals surface area contributed by atoms with Crippen molar-refractivity contribution in [3.8, 4) is 28.0 Å². The summed E-state index contributed by atoms with van der Waals surface area (Å²) in [5, 5.41) is 20.0. The Morgan fingerprint density at radius 1 is 0.848 bits per heavy atom. The number of aliphatic hydroxyl groups excluding tert-OH is 2. The standard InChI is InChI=1S/C41H54O5/c1-6-21-41(27-42,28-43)22-24-45-39-19-17-36(26-37(39)20-23-46-40(44)29(3)4)38-18-16-35(25-31(38)7-2)34-14-12-33(13-15-34)32-10-8-30(5)9-11-32/h12-19,25-26,30,32,42-43H,3,6-11,20-24,27-28H2,1-2,4-5H3. The first kappa shape index (κ1) is 35.4. The van der Waals surface area contributed by atoms with E-state index in [1.165, 1.54) is 53.5 Å². The Morgan fingerprint density at radius 2 is 1.50 bits per heavy atom. The molecule has 0 radical (unpaired) electrons.